The molecule has 0 aromatic carbocycles. The molecular weight excluding hydrogens is 290 g/mol. The molecular formula is C9H12As2O2. The Morgan fingerprint density at radius 3 is 2.54 bits per heavy atom. The summed E-state index contributed by atoms with van der Waals surface area (Å²) in [6, 6.07) is 0. The van der Waals surface area contributed by atoms with E-state index in [-0.39, 0.29) is 42.2 Å². The average Bonchev–Trinajstić information content (AvgIpc) is 2.03. The minimum atomic E-state index is -0.364. The molecule has 13 heavy (non-hydrogen) atoms. The Kier molecular flexibility index (Phi) is 3.88. The van der Waals surface area contributed by atoms with Crippen molar-refractivity contribution >= 4 is 45.7 Å². The predicted octanol–water partition coefficient (Wildman–Crippen LogP) is 0.196. The van der Waals surface area contributed by atoms with Crippen LogP contribution < -0.4 is 0 Å². The molecule has 0 aliphatic carbocycles. The van der Waals surface area contributed by atoms with E-state index in [1.54, 1.807) is 0 Å². The van der Waals surface area contributed by atoms with Crippen LogP contribution in [0.15, 0.2) is 9.73 Å². The molecule has 0 bridgehead atoms. The molecule has 1 aliphatic heterocycles. The van der Waals surface area contributed by atoms with Gasteiger partial charge in [0.05, 0.1) is 0 Å². The van der Waals surface area contributed by atoms with Gasteiger partial charge in [-0.1, -0.05) is 0 Å². The van der Waals surface area contributed by atoms with Crippen molar-refractivity contribution in [3.63, 3.8) is 0 Å². The van der Waals surface area contributed by atoms with Gasteiger partial charge in [0.15, 0.2) is 0 Å². The number of hydrogen-bond acceptors (Lipinski definition) is 2. The van der Waals surface area contributed by atoms with E-state index in [9.17, 15) is 4.79 Å². The van der Waals surface area contributed by atoms with Crippen LogP contribution >= 0.6 is 0 Å². The van der Waals surface area contributed by atoms with Crippen LogP contribution in [-0.4, -0.2) is 51.3 Å². The van der Waals surface area contributed by atoms with Gasteiger partial charge in [0.1, 0.15) is 0 Å². The number of carbonyl (C=O) groups is 1. The molecule has 0 spiro atoms. The summed E-state index contributed by atoms with van der Waals surface area (Å²) >= 11 is 0.0319. The fourth-order valence-corrected chi connectivity index (χ4v) is 5.55. The van der Waals surface area contributed by atoms with Gasteiger partial charge in [-0.15, -0.1) is 0 Å². The Hall–Kier alpha value is 0.0669. The molecule has 70 valence electrons. The summed E-state index contributed by atoms with van der Waals surface area (Å²) < 4.78 is 6.19. The molecule has 0 saturated carbocycles. The third-order valence-corrected chi connectivity index (χ3v) is 6.63. The topological polar surface area (TPSA) is 26.3 Å². The van der Waals surface area contributed by atoms with E-state index in [2.05, 4.69) is 14.5 Å². The molecule has 1 aliphatic rings. The van der Waals surface area contributed by atoms with Crippen molar-refractivity contribution in [3.8, 4) is 0 Å². The summed E-state index contributed by atoms with van der Waals surface area (Å²) in [6.07, 6.45) is 0. The Bertz CT molecular complexity index is 295. The molecule has 0 saturated heterocycles. The van der Waals surface area contributed by atoms with Crippen molar-refractivity contribution in [1.82, 2.24) is 0 Å². The number of rotatable bonds is 1. The monoisotopic (exact) mass is 302 g/mol. The van der Waals surface area contributed by atoms with E-state index >= 15 is 0 Å². The van der Waals surface area contributed by atoms with Crippen molar-refractivity contribution in [2.75, 3.05) is 0 Å². The molecule has 0 unspecified atom stereocenters. The zero-order valence-corrected chi connectivity index (χ0v) is 11.7. The molecule has 0 N–H and O–H groups in total. The Morgan fingerprint density at radius 1 is 1.38 bits per heavy atom. The Labute approximate surface area is 91.2 Å². The maximum absolute atomic E-state index is 11.5. The summed E-state index contributed by atoms with van der Waals surface area (Å²) in [7, 11) is 0. The van der Waals surface area contributed by atoms with Crippen LogP contribution in [0.4, 0.5) is 0 Å². The van der Waals surface area contributed by atoms with Gasteiger partial charge in [-0.3, -0.25) is 0 Å². The van der Waals surface area contributed by atoms with Gasteiger partial charge in [-0.2, -0.15) is 0 Å². The molecule has 0 atom stereocenters. The van der Waals surface area contributed by atoms with Crippen LogP contribution in [0, 0.1) is 0 Å². The quantitative estimate of drug-likeness (QED) is 0.511. The maximum atomic E-state index is 11.5. The zero-order valence-electron chi connectivity index (χ0n) is 7.94. The van der Waals surface area contributed by atoms with Gasteiger partial charge in [0, 0.05) is 0 Å². The van der Waals surface area contributed by atoms with Crippen LogP contribution in [0.3, 0.4) is 0 Å². The third-order valence-electron chi connectivity index (χ3n) is 1.17. The van der Waals surface area contributed by atoms with Crippen molar-refractivity contribution < 1.29 is 9.53 Å². The summed E-state index contributed by atoms with van der Waals surface area (Å²) in [5.74, 6) is -0.118. The minimum absolute atomic E-state index is 0.0773. The number of esters is 1. The second kappa shape index (κ2) is 4.53. The summed E-state index contributed by atoms with van der Waals surface area (Å²) in [5.41, 5.74) is -0.364. The van der Waals surface area contributed by atoms with E-state index in [4.69, 9.17) is 4.74 Å². The van der Waals surface area contributed by atoms with Crippen LogP contribution in [0.5, 0.6) is 0 Å². The fraction of sp³-hybridized carbons (Fsp3) is 0.444. The standard InChI is InChI=1S/C9H12As2O2/c1-9(2,3)13-8(12)7-6-10-4-5-11-7/h4-6H,1-3H3. The van der Waals surface area contributed by atoms with E-state index in [1.807, 2.05) is 20.8 Å². The first-order valence-electron chi connectivity index (χ1n) is 3.98. The van der Waals surface area contributed by atoms with Crippen LogP contribution in [-0.2, 0) is 9.53 Å². The van der Waals surface area contributed by atoms with Crippen molar-refractivity contribution in [1.29, 1.82) is 0 Å². The SMILES string of the molecule is CC(C)(C)OC(=O)C1=[As]C=C[As]=C1. The molecule has 1 rings (SSSR count). The van der Waals surface area contributed by atoms with Gasteiger partial charge in [-0.25, -0.2) is 0 Å². The summed E-state index contributed by atoms with van der Waals surface area (Å²) in [6.45, 7) is 5.69. The second-order valence-electron chi connectivity index (χ2n) is 3.59. The first kappa shape index (κ1) is 11.1. The van der Waals surface area contributed by atoms with Crippen molar-refractivity contribution in [2.24, 2.45) is 0 Å². The van der Waals surface area contributed by atoms with Gasteiger partial charge in [0.2, 0.25) is 0 Å². The summed E-state index contributed by atoms with van der Waals surface area (Å²) in [5, 5.41) is 0. The summed E-state index contributed by atoms with van der Waals surface area (Å²) in [4.78, 5) is 17.9. The molecule has 4 heteroatoms. The van der Waals surface area contributed by atoms with Gasteiger partial charge in [-0.05, 0) is 0 Å². The molecule has 0 radical (unpaired) electrons. The number of carbonyl (C=O) groups excluding carboxylic acids is 1. The first-order valence-corrected chi connectivity index (χ1v) is 8.17. The zero-order chi connectivity index (χ0) is 9.90. The van der Waals surface area contributed by atoms with Gasteiger partial charge >= 0.3 is 91.3 Å². The Morgan fingerprint density at radius 2 is 2.08 bits per heavy atom. The first-order chi connectivity index (χ1) is 5.99. The molecule has 0 aromatic rings. The Balaban J connectivity index is 2.64. The molecule has 0 aromatic heterocycles. The fourth-order valence-electron chi connectivity index (χ4n) is 0.735. The molecule has 1 heterocycles. The van der Waals surface area contributed by atoms with Crippen LogP contribution in [0.25, 0.3) is 0 Å². The van der Waals surface area contributed by atoms with E-state index in [0.29, 0.717) is 0 Å². The predicted molar refractivity (Wildman–Crippen MR) is 57.6 cm³/mol. The average molecular weight is 302 g/mol. The van der Waals surface area contributed by atoms with E-state index < -0.39 is 0 Å². The van der Waals surface area contributed by atoms with Crippen molar-refractivity contribution in [3.05, 3.63) is 9.73 Å². The second-order valence-corrected chi connectivity index (χ2v) is 7.56. The van der Waals surface area contributed by atoms with Crippen LogP contribution in [0.2, 0.25) is 0 Å². The van der Waals surface area contributed by atoms with E-state index in [0.717, 1.165) is 4.30 Å². The van der Waals surface area contributed by atoms with Crippen LogP contribution in [0.1, 0.15) is 20.8 Å². The normalized spacial score (nSPS) is 17.9. The number of hydrogen-bond donors (Lipinski definition) is 0. The molecule has 0 amide bonds. The van der Waals surface area contributed by atoms with E-state index in [1.165, 1.54) is 0 Å². The molecule has 0 fully saturated rings. The molecule has 2 nitrogen and oxygen atoms in total. The number of ether oxygens (including phenoxy) is 1. The third kappa shape index (κ3) is 4.20. The van der Waals surface area contributed by atoms with Gasteiger partial charge < -0.3 is 0 Å². The van der Waals surface area contributed by atoms with Gasteiger partial charge in [0.25, 0.3) is 0 Å². The van der Waals surface area contributed by atoms with Crippen molar-refractivity contribution in [2.45, 2.75) is 26.4 Å².